The Labute approximate surface area is 110 Å². The molecule has 0 atom stereocenters. The van der Waals surface area contributed by atoms with Crippen LogP contribution in [0, 0.1) is 28.4 Å². The van der Waals surface area contributed by atoms with Crippen molar-refractivity contribution in [2.75, 3.05) is 0 Å². The van der Waals surface area contributed by atoms with Crippen molar-refractivity contribution in [1.29, 1.82) is 5.26 Å². The number of rotatable bonds is 2. The third-order valence-electron chi connectivity index (χ3n) is 2.38. The van der Waals surface area contributed by atoms with E-state index in [0.29, 0.717) is 15.9 Å². The molecule has 2 rings (SSSR count). The van der Waals surface area contributed by atoms with Crippen LogP contribution in [0.15, 0.2) is 23.1 Å². The molecule has 0 saturated carbocycles. The first-order chi connectivity index (χ1) is 8.56. The molecule has 2 heterocycles. The summed E-state index contributed by atoms with van der Waals surface area (Å²) in [5.74, 6) is 0.559. The highest BCUT2D eigenvalue weighted by Gasteiger charge is 2.19. The normalized spacial score (nSPS) is 10.1. The smallest absolute Gasteiger partial charge is 0.274 e. The summed E-state index contributed by atoms with van der Waals surface area (Å²) in [6.07, 6.45) is 4.19. The first kappa shape index (κ1) is 12.2. The van der Waals surface area contributed by atoms with Crippen molar-refractivity contribution in [3.05, 3.63) is 44.6 Å². The van der Waals surface area contributed by atoms with Gasteiger partial charge in [-0.1, -0.05) is 0 Å². The lowest BCUT2D eigenvalue weighted by Gasteiger charge is -2.07. The van der Waals surface area contributed by atoms with Crippen LogP contribution in [-0.2, 0) is 0 Å². The number of nitrogens with zero attached hydrogens (tertiary/aromatic N) is 5. The molecule has 18 heavy (non-hydrogen) atoms. The van der Waals surface area contributed by atoms with Gasteiger partial charge in [-0.05, 0) is 22.9 Å². The zero-order chi connectivity index (χ0) is 13.3. The van der Waals surface area contributed by atoms with Crippen molar-refractivity contribution in [2.24, 2.45) is 0 Å². The van der Waals surface area contributed by atoms with Gasteiger partial charge in [-0.2, -0.15) is 5.26 Å². The molecule has 0 aliphatic carbocycles. The number of pyridine rings is 1. The molecule has 90 valence electrons. The van der Waals surface area contributed by atoms with Crippen LogP contribution in [0.5, 0.6) is 0 Å². The highest BCUT2D eigenvalue weighted by Crippen LogP contribution is 2.29. The van der Waals surface area contributed by atoms with Crippen molar-refractivity contribution in [3.63, 3.8) is 0 Å². The largest absolute Gasteiger partial charge is 0.291 e. The van der Waals surface area contributed by atoms with Crippen molar-refractivity contribution < 1.29 is 4.92 Å². The van der Waals surface area contributed by atoms with Crippen LogP contribution >= 0.6 is 15.9 Å². The van der Waals surface area contributed by atoms with Crippen LogP contribution in [0.3, 0.4) is 0 Å². The molecule has 0 aromatic carbocycles. The van der Waals surface area contributed by atoms with Gasteiger partial charge < -0.3 is 0 Å². The van der Waals surface area contributed by atoms with E-state index in [0.717, 1.165) is 6.20 Å². The minimum Gasteiger partial charge on any atom is -0.274 e. The lowest BCUT2D eigenvalue weighted by atomic mass is 10.2. The van der Waals surface area contributed by atoms with Gasteiger partial charge in [0.05, 0.1) is 9.40 Å². The van der Waals surface area contributed by atoms with Crippen LogP contribution in [0.25, 0.3) is 5.82 Å². The molecular formula is C10H6BrN5O2. The van der Waals surface area contributed by atoms with E-state index in [1.165, 1.54) is 10.8 Å². The minimum absolute atomic E-state index is 0.0794. The summed E-state index contributed by atoms with van der Waals surface area (Å²) in [5.41, 5.74) is 0.367. The fourth-order valence-electron chi connectivity index (χ4n) is 1.47. The molecule has 2 aromatic heterocycles. The van der Waals surface area contributed by atoms with Crippen LogP contribution < -0.4 is 0 Å². The molecule has 0 radical (unpaired) electrons. The molecule has 0 spiro atoms. The molecule has 0 saturated heterocycles. The average molecular weight is 308 g/mol. The van der Waals surface area contributed by atoms with Crippen molar-refractivity contribution in [3.8, 4) is 11.9 Å². The fourth-order valence-corrected chi connectivity index (χ4v) is 1.96. The summed E-state index contributed by atoms with van der Waals surface area (Å²) >= 11 is 3.26. The second kappa shape index (κ2) is 4.54. The Bertz CT molecular complexity index is 673. The Balaban J connectivity index is 2.65. The number of nitro groups is 1. The standard InChI is InChI=1S/C10H6BrN5O2/c1-6-7(16(17)18)5-14-10(9(6)11)15-3-2-13-8(15)4-12/h2-3,5H,1H3. The second-order valence-electron chi connectivity index (χ2n) is 3.40. The van der Waals surface area contributed by atoms with Gasteiger partial charge in [-0.3, -0.25) is 14.7 Å². The third kappa shape index (κ3) is 1.84. The summed E-state index contributed by atoms with van der Waals surface area (Å²) in [6.45, 7) is 1.61. The van der Waals surface area contributed by atoms with Crippen molar-refractivity contribution >= 4 is 21.6 Å². The van der Waals surface area contributed by atoms with E-state index in [1.807, 2.05) is 6.07 Å². The van der Waals surface area contributed by atoms with E-state index in [1.54, 1.807) is 13.1 Å². The molecule has 0 aliphatic heterocycles. The van der Waals surface area contributed by atoms with E-state index >= 15 is 0 Å². The highest BCUT2D eigenvalue weighted by molar-refractivity contribution is 9.10. The summed E-state index contributed by atoms with van der Waals surface area (Å²) in [6, 6.07) is 1.92. The molecule has 0 aliphatic rings. The topological polar surface area (TPSA) is 97.6 Å². The highest BCUT2D eigenvalue weighted by atomic mass is 79.9. The molecule has 8 heteroatoms. The van der Waals surface area contributed by atoms with E-state index < -0.39 is 4.92 Å². The maximum Gasteiger partial charge on any atom is 0.291 e. The van der Waals surface area contributed by atoms with Crippen LogP contribution in [0.2, 0.25) is 0 Å². The van der Waals surface area contributed by atoms with Gasteiger partial charge in [-0.15, -0.1) is 0 Å². The number of nitriles is 1. The molecule has 0 N–H and O–H groups in total. The quantitative estimate of drug-likeness (QED) is 0.625. The zero-order valence-corrected chi connectivity index (χ0v) is 10.7. The minimum atomic E-state index is -0.504. The van der Waals surface area contributed by atoms with E-state index in [9.17, 15) is 10.1 Å². The van der Waals surface area contributed by atoms with Crippen LogP contribution in [0.4, 0.5) is 5.69 Å². The summed E-state index contributed by atoms with van der Waals surface area (Å²) in [7, 11) is 0. The third-order valence-corrected chi connectivity index (χ3v) is 3.33. The maximum atomic E-state index is 10.8. The lowest BCUT2D eigenvalue weighted by Crippen LogP contribution is -2.04. The number of halogens is 1. The van der Waals surface area contributed by atoms with Gasteiger partial charge in [0.25, 0.3) is 5.69 Å². The van der Waals surface area contributed by atoms with Crippen molar-refractivity contribution in [1.82, 2.24) is 14.5 Å². The monoisotopic (exact) mass is 307 g/mol. The molecule has 0 fully saturated rings. The number of hydrogen-bond acceptors (Lipinski definition) is 5. The molecule has 0 amide bonds. The molecule has 7 nitrogen and oxygen atoms in total. The lowest BCUT2D eigenvalue weighted by molar-refractivity contribution is -0.385. The first-order valence-corrected chi connectivity index (χ1v) is 5.59. The predicted molar refractivity (Wildman–Crippen MR) is 65.2 cm³/mol. The van der Waals surface area contributed by atoms with Gasteiger partial charge in [-0.25, -0.2) is 9.97 Å². The van der Waals surface area contributed by atoms with E-state index in [2.05, 4.69) is 25.9 Å². The summed E-state index contributed by atoms with van der Waals surface area (Å²) in [4.78, 5) is 18.1. The van der Waals surface area contributed by atoms with Gasteiger partial charge in [0, 0.05) is 18.0 Å². The SMILES string of the molecule is Cc1c([N+](=O)[O-])cnc(-n2ccnc2C#N)c1Br. The Hall–Kier alpha value is -2.27. The molecule has 2 aromatic rings. The Morgan fingerprint density at radius 2 is 2.28 bits per heavy atom. The second-order valence-corrected chi connectivity index (χ2v) is 4.19. The van der Waals surface area contributed by atoms with Crippen LogP contribution in [-0.4, -0.2) is 19.5 Å². The number of aromatic nitrogens is 3. The van der Waals surface area contributed by atoms with Gasteiger partial charge >= 0.3 is 0 Å². The van der Waals surface area contributed by atoms with E-state index in [4.69, 9.17) is 5.26 Å². The van der Waals surface area contributed by atoms with E-state index in [-0.39, 0.29) is 11.5 Å². The summed E-state index contributed by atoms with van der Waals surface area (Å²) in [5, 5.41) is 19.7. The van der Waals surface area contributed by atoms with Crippen LogP contribution in [0.1, 0.15) is 11.4 Å². The number of hydrogen-bond donors (Lipinski definition) is 0. The molecule has 0 bridgehead atoms. The molecular weight excluding hydrogens is 302 g/mol. The Morgan fingerprint density at radius 1 is 1.56 bits per heavy atom. The zero-order valence-electron chi connectivity index (χ0n) is 9.16. The first-order valence-electron chi connectivity index (χ1n) is 4.79. The summed E-state index contributed by atoms with van der Waals surface area (Å²) < 4.78 is 1.92. The average Bonchev–Trinajstić information content (AvgIpc) is 2.80. The maximum absolute atomic E-state index is 10.8. The fraction of sp³-hybridized carbons (Fsp3) is 0.100. The molecule has 0 unspecified atom stereocenters. The van der Waals surface area contributed by atoms with Crippen molar-refractivity contribution in [2.45, 2.75) is 6.92 Å². The predicted octanol–water partition coefficient (Wildman–Crippen LogP) is 2.12. The van der Waals surface area contributed by atoms with Gasteiger partial charge in [0.2, 0.25) is 5.82 Å². The van der Waals surface area contributed by atoms with Gasteiger partial charge in [0.15, 0.2) is 5.82 Å². The number of imidazole rings is 1. The van der Waals surface area contributed by atoms with Gasteiger partial charge in [0.1, 0.15) is 12.3 Å². The Kier molecular flexibility index (Phi) is 3.08. The Morgan fingerprint density at radius 3 is 2.89 bits per heavy atom.